The molecule has 3 amide bonds. The van der Waals surface area contributed by atoms with Gasteiger partial charge in [0.2, 0.25) is 5.91 Å². The lowest BCUT2D eigenvalue weighted by atomic mass is 10.2. The van der Waals surface area contributed by atoms with Gasteiger partial charge in [-0.1, -0.05) is 6.07 Å². The highest BCUT2D eigenvalue weighted by molar-refractivity contribution is 5.89. The van der Waals surface area contributed by atoms with E-state index in [0.717, 1.165) is 25.0 Å². The van der Waals surface area contributed by atoms with Crippen LogP contribution < -0.4 is 10.1 Å². The number of benzene rings is 2. The van der Waals surface area contributed by atoms with Crippen LogP contribution in [0.3, 0.4) is 0 Å². The number of piperazine rings is 1. The third kappa shape index (κ3) is 5.28. The third-order valence-electron chi connectivity index (χ3n) is 5.31. The minimum atomic E-state index is -4.44. The first kappa shape index (κ1) is 21.0. The molecule has 0 spiro atoms. The van der Waals surface area contributed by atoms with E-state index in [9.17, 15) is 22.8 Å². The number of amides is 3. The van der Waals surface area contributed by atoms with Crippen LogP contribution in [0.15, 0.2) is 48.5 Å². The Labute approximate surface area is 177 Å². The average molecular weight is 433 g/mol. The molecule has 4 rings (SSSR count). The summed E-state index contributed by atoms with van der Waals surface area (Å²) >= 11 is 0. The van der Waals surface area contributed by atoms with Gasteiger partial charge in [0.05, 0.1) is 5.56 Å². The second-order valence-electron chi connectivity index (χ2n) is 7.67. The van der Waals surface area contributed by atoms with E-state index < -0.39 is 11.7 Å². The zero-order valence-electron chi connectivity index (χ0n) is 16.7. The lowest BCUT2D eigenvalue weighted by molar-refractivity contribution is -0.137. The van der Waals surface area contributed by atoms with E-state index >= 15 is 0 Å². The predicted octanol–water partition coefficient (Wildman–Crippen LogP) is 4.58. The minimum absolute atomic E-state index is 0.0743. The molecule has 1 saturated carbocycles. The molecule has 1 aliphatic carbocycles. The number of rotatable bonds is 4. The highest BCUT2D eigenvalue weighted by atomic mass is 19.4. The molecule has 2 aromatic carbocycles. The Balaban J connectivity index is 1.29. The van der Waals surface area contributed by atoms with Gasteiger partial charge in [-0.2, -0.15) is 13.2 Å². The Morgan fingerprint density at radius 2 is 1.55 bits per heavy atom. The summed E-state index contributed by atoms with van der Waals surface area (Å²) in [7, 11) is 0. The molecule has 1 N–H and O–H groups in total. The van der Waals surface area contributed by atoms with Gasteiger partial charge in [-0.25, -0.2) is 4.79 Å². The van der Waals surface area contributed by atoms with Crippen LogP contribution in [-0.4, -0.2) is 47.9 Å². The van der Waals surface area contributed by atoms with E-state index in [4.69, 9.17) is 4.74 Å². The van der Waals surface area contributed by atoms with Crippen LogP contribution in [0.1, 0.15) is 18.4 Å². The predicted molar refractivity (Wildman–Crippen MR) is 108 cm³/mol. The summed E-state index contributed by atoms with van der Waals surface area (Å²) in [6.07, 6.45) is -2.51. The molecule has 2 fully saturated rings. The number of ether oxygens (including phenoxy) is 1. The van der Waals surface area contributed by atoms with Crippen molar-refractivity contribution in [2.75, 3.05) is 31.5 Å². The number of carbonyl (C=O) groups excluding carboxylic acids is 2. The van der Waals surface area contributed by atoms with E-state index in [1.165, 1.54) is 12.1 Å². The van der Waals surface area contributed by atoms with Crippen LogP contribution in [0.2, 0.25) is 0 Å². The van der Waals surface area contributed by atoms with Gasteiger partial charge in [0.25, 0.3) is 0 Å². The van der Waals surface area contributed by atoms with Crippen LogP contribution in [0.5, 0.6) is 11.5 Å². The molecule has 0 unspecified atom stereocenters. The SMILES string of the molecule is O=C(Nc1ccc(Oc2cccc(C(F)(F)F)c2)cc1)N1CCN(C(=O)C2CC2)CC1. The van der Waals surface area contributed by atoms with Crippen molar-refractivity contribution in [3.63, 3.8) is 0 Å². The zero-order chi connectivity index (χ0) is 22.0. The summed E-state index contributed by atoms with van der Waals surface area (Å²) < 4.78 is 43.9. The van der Waals surface area contributed by atoms with Crippen molar-refractivity contribution < 1.29 is 27.5 Å². The summed E-state index contributed by atoms with van der Waals surface area (Å²) in [5.74, 6) is 0.795. The van der Waals surface area contributed by atoms with Gasteiger partial charge >= 0.3 is 12.2 Å². The zero-order valence-corrected chi connectivity index (χ0v) is 16.7. The molecular weight excluding hydrogens is 411 g/mol. The number of alkyl halides is 3. The largest absolute Gasteiger partial charge is 0.457 e. The molecule has 31 heavy (non-hydrogen) atoms. The molecule has 1 heterocycles. The molecule has 1 saturated heterocycles. The van der Waals surface area contributed by atoms with E-state index in [2.05, 4.69) is 5.32 Å². The van der Waals surface area contributed by atoms with Crippen LogP contribution >= 0.6 is 0 Å². The van der Waals surface area contributed by atoms with Crippen molar-refractivity contribution >= 4 is 17.6 Å². The normalized spacial score (nSPS) is 16.7. The highest BCUT2D eigenvalue weighted by Crippen LogP contribution is 2.33. The Kier molecular flexibility index (Phi) is 5.75. The number of nitrogens with zero attached hydrogens (tertiary/aromatic N) is 2. The van der Waals surface area contributed by atoms with Gasteiger partial charge in [0.1, 0.15) is 11.5 Å². The van der Waals surface area contributed by atoms with Gasteiger partial charge in [0, 0.05) is 37.8 Å². The van der Waals surface area contributed by atoms with Gasteiger partial charge in [0.15, 0.2) is 0 Å². The summed E-state index contributed by atoms with van der Waals surface area (Å²) in [6.45, 7) is 2.01. The fraction of sp³-hybridized carbons (Fsp3) is 0.364. The van der Waals surface area contributed by atoms with Crippen LogP contribution in [0.4, 0.5) is 23.7 Å². The molecule has 6 nitrogen and oxygen atoms in total. The maximum absolute atomic E-state index is 12.8. The van der Waals surface area contributed by atoms with Crippen molar-refractivity contribution in [1.82, 2.24) is 9.80 Å². The Morgan fingerprint density at radius 1 is 0.903 bits per heavy atom. The van der Waals surface area contributed by atoms with Crippen molar-refractivity contribution in [2.45, 2.75) is 19.0 Å². The molecule has 0 aromatic heterocycles. The Bertz CT molecular complexity index is 950. The summed E-state index contributed by atoms with van der Waals surface area (Å²) in [4.78, 5) is 28.0. The molecule has 164 valence electrons. The summed E-state index contributed by atoms with van der Waals surface area (Å²) in [5.41, 5.74) is -0.245. The number of hydrogen-bond donors (Lipinski definition) is 1. The second kappa shape index (κ2) is 8.49. The van der Waals surface area contributed by atoms with Crippen LogP contribution in [0.25, 0.3) is 0 Å². The van der Waals surface area contributed by atoms with Crippen molar-refractivity contribution in [2.24, 2.45) is 5.92 Å². The minimum Gasteiger partial charge on any atom is -0.457 e. The number of urea groups is 1. The molecule has 2 aromatic rings. The Hall–Kier alpha value is -3.23. The standard InChI is InChI=1S/C22H22F3N3O3/c23-22(24,25)16-2-1-3-19(14-16)31-18-8-6-17(7-9-18)26-21(30)28-12-10-27(11-13-28)20(29)15-4-5-15/h1-3,6-9,14-15H,4-5,10-13H2,(H,26,30). The van der Waals surface area contributed by atoms with E-state index in [0.29, 0.717) is 37.6 Å². The lowest BCUT2D eigenvalue weighted by Crippen LogP contribution is -2.52. The first-order chi connectivity index (χ1) is 14.8. The molecule has 1 aliphatic heterocycles. The molecule has 0 radical (unpaired) electrons. The lowest BCUT2D eigenvalue weighted by Gasteiger charge is -2.34. The number of hydrogen-bond acceptors (Lipinski definition) is 3. The van der Waals surface area contributed by atoms with E-state index in [1.54, 1.807) is 29.2 Å². The fourth-order valence-electron chi connectivity index (χ4n) is 3.40. The van der Waals surface area contributed by atoms with Gasteiger partial charge in [-0.15, -0.1) is 0 Å². The highest BCUT2D eigenvalue weighted by Gasteiger charge is 2.35. The number of halogens is 3. The Morgan fingerprint density at radius 3 is 2.16 bits per heavy atom. The van der Waals surface area contributed by atoms with E-state index in [1.807, 2.05) is 4.90 Å². The second-order valence-corrected chi connectivity index (χ2v) is 7.67. The molecule has 9 heteroatoms. The van der Waals surface area contributed by atoms with Crippen LogP contribution in [0, 0.1) is 5.92 Å². The van der Waals surface area contributed by atoms with Crippen molar-refractivity contribution in [1.29, 1.82) is 0 Å². The topological polar surface area (TPSA) is 61.9 Å². The molecular formula is C22H22F3N3O3. The van der Waals surface area contributed by atoms with E-state index in [-0.39, 0.29) is 23.6 Å². The quantitative estimate of drug-likeness (QED) is 0.768. The first-order valence-electron chi connectivity index (χ1n) is 10.1. The number of carbonyl (C=O) groups is 2. The molecule has 0 atom stereocenters. The van der Waals surface area contributed by atoms with Gasteiger partial charge < -0.3 is 19.9 Å². The third-order valence-corrected chi connectivity index (χ3v) is 5.31. The summed E-state index contributed by atoms with van der Waals surface area (Å²) in [5, 5.41) is 2.79. The first-order valence-corrected chi connectivity index (χ1v) is 10.1. The monoisotopic (exact) mass is 433 g/mol. The molecule has 2 aliphatic rings. The van der Waals surface area contributed by atoms with Crippen molar-refractivity contribution in [3.05, 3.63) is 54.1 Å². The fourth-order valence-corrected chi connectivity index (χ4v) is 3.40. The molecule has 0 bridgehead atoms. The number of anilines is 1. The summed E-state index contributed by atoms with van der Waals surface area (Å²) in [6, 6.07) is 10.8. The van der Waals surface area contributed by atoms with Crippen LogP contribution in [-0.2, 0) is 11.0 Å². The smallest absolute Gasteiger partial charge is 0.416 e. The van der Waals surface area contributed by atoms with Crippen molar-refractivity contribution in [3.8, 4) is 11.5 Å². The van der Waals surface area contributed by atoms with Gasteiger partial charge in [-0.05, 0) is 55.3 Å². The van der Waals surface area contributed by atoms with Gasteiger partial charge in [-0.3, -0.25) is 4.79 Å². The average Bonchev–Trinajstić information content (AvgIpc) is 3.60. The maximum atomic E-state index is 12.8. The maximum Gasteiger partial charge on any atom is 0.416 e. The number of nitrogens with one attached hydrogen (secondary N) is 1.